The fraction of sp³-hybridized carbons (Fsp3) is 0.453. The topological polar surface area (TPSA) is 241 Å². The molecule has 6 heterocycles. The number of amides is 4. The number of carbonyl (C=O) groups excluding carboxylic acids is 6. The molecule has 8 rings (SSSR count). The molecule has 0 aliphatic carbocycles. The van der Waals surface area contributed by atoms with Crippen LogP contribution in [0.2, 0.25) is 0 Å². The fourth-order valence-corrected chi connectivity index (χ4v) is 9.67. The lowest BCUT2D eigenvalue weighted by atomic mass is 9.98. The smallest absolute Gasteiger partial charge is 0.254 e. The number of rotatable bonds is 19. The van der Waals surface area contributed by atoms with Gasteiger partial charge in [0.2, 0.25) is 18.7 Å². The van der Waals surface area contributed by atoms with Gasteiger partial charge in [0.1, 0.15) is 36.1 Å². The predicted octanol–water partition coefficient (Wildman–Crippen LogP) is 5.89. The number of fused-ring (bicyclic) bond motifs is 2. The van der Waals surface area contributed by atoms with Crippen molar-refractivity contribution in [1.82, 2.24) is 34.9 Å². The predicted molar refractivity (Wildman–Crippen MR) is 272 cm³/mol. The molecule has 0 saturated carbocycles. The number of anilines is 2. The molecular formula is C53H68FN11O6. The number of likely N-dealkylation sites (tertiary alicyclic amines) is 2. The van der Waals surface area contributed by atoms with E-state index in [0.29, 0.717) is 81.1 Å². The van der Waals surface area contributed by atoms with Crippen molar-refractivity contribution in [2.45, 2.75) is 117 Å². The van der Waals surface area contributed by atoms with Gasteiger partial charge in [-0.15, -0.1) is 0 Å². The Morgan fingerprint density at radius 1 is 0.930 bits per heavy atom. The lowest BCUT2D eigenvalue weighted by Crippen LogP contribution is -2.33. The summed E-state index contributed by atoms with van der Waals surface area (Å²) in [6.45, 7) is 13.9. The third-order valence-corrected chi connectivity index (χ3v) is 13.7. The normalized spacial score (nSPS) is 17.5. The fourth-order valence-electron chi connectivity index (χ4n) is 9.67. The summed E-state index contributed by atoms with van der Waals surface area (Å²) in [6.07, 6.45) is 7.76. The Morgan fingerprint density at radius 3 is 2.24 bits per heavy atom. The molecule has 4 unspecified atom stereocenters. The molecule has 4 aliphatic rings. The summed E-state index contributed by atoms with van der Waals surface area (Å²) in [4.78, 5) is 83.8. The number of aldehydes is 2. The number of nitrogen functional groups attached to an aromatic ring is 2. The zero-order chi connectivity index (χ0) is 51.4. The van der Waals surface area contributed by atoms with E-state index in [1.807, 2.05) is 66.2 Å². The van der Waals surface area contributed by atoms with Crippen molar-refractivity contribution < 1.29 is 33.2 Å². The first-order valence-corrected chi connectivity index (χ1v) is 24.4. The minimum atomic E-state index is -0.822. The van der Waals surface area contributed by atoms with Gasteiger partial charge in [-0.05, 0) is 119 Å². The van der Waals surface area contributed by atoms with Gasteiger partial charge in [0.05, 0.1) is 23.5 Å². The highest BCUT2D eigenvalue weighted by Gasteiger charge is 2.31. The van der Waals surface area contributed by atoms with Crippen molar-refractivity contribution in [1.29, 1.82) is 5.41 Å². The van der Waals surface area contributed by atoms with E-state index in [1.165, 1.54) is 12.8 Å². The Kier molecular flexibility index (Phi) is 18.8. The number of imide groups is 1. The first kappa shape index (κ1) is 53.6. The molecule has 17 nitrogen and oxygen atoms in total. The molecule has 4 aromatic rings. The largest absolute Gasteiger partial charge is 0.397 e. The molecule has 0 radical (unpaired) electrons. The Bertz CT molecular complexity index is 2600. The van der Waals surface area contributed by atoms with Crippen LogP contribution >= 0.6 is 0 Å². The molecule has 7 N–H and O–H groups in total. The molecule has 18 heteroatoms. The van der Waals surface area contributed by atoms with E-state index in [2.05, 4.69) is 46.9 Å². The molecule has 2 fully saturated rings. The molecule has 4 amide bonds. The zero-order valence-electron chi connectivity index (χ0n) is 41.5. The number of nitrogens with two attached hydrogens (primary N) is 2. The molecule has 4 atom stereocenters. The number of aromatic nitrogens is 2. The van der Waals surface area contributed by atoms with E-state index in [1.54, 1.807) is 5.32 Å². The molecule has 2 aromatic heterocycles. The molecule has 378 valence electrons. The van der Waals surface area contributed by atoms with E-state index in [4.69, 9.17) is 31.4 Å². The van der Waals surface area contributed by atoms with Crippen molar-refractivity contribution in [2.24, 2.45) is 11.7 Å². The number of halogens is 1. The molecule has 4 aliphatic heterocycles. The maximum atomic E-state index is 13.7. The maximum Gasteiger partial charge on any atom is 0.254 e. The summed E-state index contributed by atoms with van der Waals surface area (Å²) in [7, 11) is 2.01. The number of hydrogen-bond acceptors (Lipinski definition) is 13. The summed E-state index contributed by atoms with van der Waals surface area (Å²) in [5.74, 6) is 0.504. The molecule has 2 aromatic carbocycles. The van der Waals surface area contributed by atoms with Crippen LogP contribution < -0.4 is 22.1 Å². The summed E-state index contributed by atoms with van der Waals surface area (Å²) in [5.41, 5.74) is 22.1. The Morgan fingerprint density at radius 2 is 1.61 bits per heavy atom. The summed E-state index contributed by atoms with van der Waals surface area (Å²) < 4.78 is 13.7. The van der Waals surface area contributed by atoms with E-state index in [9.17, 15) is 23.6 Å². The van der Waals surface area contributed by atoms with Gasteiger partial charge < -0.3 is 31.8 Å². The molecule has 71 heavy (non-hydrogen) atoms. The lowest BCUT2D eigenvalue weighted by Gasteiger charge is -2.26. The quantitative estimate of drug-likeness (QED) is 0.0419. The monoisotopic (exact) mass is 974 g/mol. The van der Waals surface area contributed by atoms with E-state index in [0.717, 1.165) is 102 Å². The van der Waals surface area contributed by atoms with E-state index >= 15 is 0 Å². The van der Waals surface area contributed by atoms with Crippen molar-refractivity contribution in [2.75, 3.05) is 44.3 Å². The number of alkyl halides is 1. The standard InChI is InChI=1S/C27H34N4O3.C24H31FN6O.C2H3NO2/c1-18(16-32)10-19(2)30(3)14-22-11-20(6-7-21(22)17-33)25-12-23(15-31-8-4-5-9-31)24-13-26(34)29-27(24)28-25;1-3-4-14(2)31-12-16-9-15(5-6-19(16)24(31)32)20-10-17(11-30-8-7-18(25)13-30)21(26)22(29-20)23(27)28;4-1-3-2-5/h6-7,11-12,16-19H,4-5,8-10,13-15H2,1-3H3,(H,28,29,34);5-6,9-10,14,18H,3-4,7-8,11-13,26H2,1-2H3,(H3,27,28);1-2H,(H,3,4,5). The summed E-state index contributed by atoms with van der Waals surface area (Å²) in [5, 5.41) is 12.6. The summed E-state index contributed by atoms with van der Waals surface area (Å²) in [6, 6.07) is 15.9. The maximum absolute atomic E-state index is 13.7. The van der Waals surface area contributed by atoms with Gasteiger partial charge in [-0.3, -0.25) is 44.1 Å². The third-order valence-electron chi connectivity index (χ3n) is 13.7. The highest BCUT2D eigenvalue weighted by molar-refractivity contribution is 6.01. The van der Waals surface area contributed by atoms with Gasteiger partial charge in [0, 0.05) is 85.1 Å². The lowest BCUT2D eigenvalue weighted by molar-refractivity contribution is -0.117. The van der Waals surface area contributed by atoms with Gasteiger partial charge in [-0.2, -0.15) is 0 Å². The Labute approximate surface area is 415 Å². The zero-order valence-corrected chi connectivity index (χ0v) is 41.5. The van der Waals surface area contributed by atoms with Crippen molar-refractivity contribution >= 4 is 54.5 Å². The van der Waals surface area contributed by atoms with Gasteiger partial charge in [-0.1, -0.05) is 38.5 Å². The first-order valence-electron chi connectivity index (χ1n) is 24.4. The number of amidine groups is 1. The van der Waals surface area contributed by atoms with Crippen LogP contribution in [0.5, 0.6) is 0 Å². The van der Waals surface area contributed by atoms with Crippen LogP contribution in [0.4, 0.5) is 15.9 Å². The van der Waals surface area contributed by atoms with Crippen LogP contribution in [-0.2, 0) is 51.8 Å². The Balaban J connectivity index is 0.000000213. The van der Waals surface area contributed by atoms with Crippen molar-refractivity contribution in [3.8, 4) is 22.5 Å². The van der Waals surface area contributed by atoms with Crippen LogP contribution in [0, 0.1) is 11.3 Å². The second-order valence-electron chi connectivity index (χ2n) is 19.2. The highest BCUT2D eigenvalue weighted by atomic mass is 19.1. The van der Waals surface area contributed by atoms with Crippen LogP contribution in [0.3, 0.4) is 0 Å². The molecule has 0 bridgehead atoms. The number of pyridine rings is 2. The van der Waals surface area contributed by atoms with Gasteiger partial charge >= 0.3 is 0 Å². The van der Waals surface area contributed by atoms with Gasteiger partial charge in [0.15, 0.2) is 0 Å². The number of nitrogens with zero attached hydrogens (tertiary/aromatic N) is 6. The first-order chi connectivity index (χ1) is 34.1. The second-order valence-corrected chi connectivity index (χ2v) is 19.2. The van der Waals surface area contributed by atoms with Crippen LogP contribution in [0.25, 0.3) is 22.5 Å². The van der Waals surface area contributed by atoms with Gasteiger partial charge in [-0.25, -0.2) is 14.4 Å². The van der Waals surface area contributed by atoms with Crippen LogP contribution in [0.15, 0.2) is 48.5 Å². The molecular weight excluding hydrogens is 906 g/mol. The number of benzene rings is 2. The van der Waals surface area contributed by atoms with Crippen molar-refractivity contribution in [3.05, 3.63) is 93.2 Å². The molecule has 2 saturated heterocycles. The van der Waals surface area contributed by atoms with E-state index < -0.39 is 6.17 Å². The van der Waals surface area contributed by atoms with Crippen molar-refractivity contribution in [3.63, 3.8) is 0 Å². The third kappa shape index (κ3) is 13.6. The minimum Gasteiger partial charge on any atom is -0.397 e. The average Bonchev–Trinajstić information content (AvgIpc) is 4.17. The summed E-state index contributed by atoms with van der Waals surface area (Å²) >= 11 is 0. The van der Waals surface area contributed by atoms with Crippen LogP contribution in [0.1, 0.15) is 120 Å². The number of nitrogens with one attached hydrogen (secondary N) is 3. The van der Waals surface area contributed by atoms with Crippen LogP contribution in [-0.4, -0.2) is 124 Å². The molecule has 0 spiro atoms. The average molecular weight is 974 g/mol. The number of carbonyl (C=O) groups is 6. The second kappa shape index (κ2) is 24.9. The SMILES string of the molecule is CC(C=O)CC(C)N(C)Cc1cc(-c2cc(CN3CCCC3)c3c(n2)NC(=O)C3)ccc1C=O.CCCC(C)N1Cc2cc(-c3cc(CN4CCC(F)C4)c(N)c(C(=N)N)n3)ccc2C1=O.O=CNC=O. The van der Waals surface area contributed by atoms with Gasteiger partial charge in [0.25, 0.3) is 5.91 Å². The minimum absolute atomic E-state index is 0.00539. The Hall–Kier alpha value is -6.76. The number of hydrogen-bond donors (Lipinski definition) is 5. The highest BCUT2D eigenvalue weighted by Crippen LogP contribution is 2.34. The van der Waals surface area contributed by atoms with E-state index in [-0.39, 0.29) is 41.3 Å².